The van der Waals surface area contributed by atoms with Crippen molar-refractivity contribution in [2.24, 2.45) is 0 Å². The van der Waals surface area contributed by atoms with Gasteiger partial charge in [-0.2, -0.15) is 13.2 Å². The van der Waals surface area contributed by atoms with Crippen molar-refractivity contribution in [3.8, 4) is 5.88 Å². The highest BCUT2D eigenvalue weighted by Crippen LogP contribution is 2.18. The lowest BCUT2D eigenvalue weighted by molar-refractivity contribution is -0.154. The molecule has 2 heterocycles. The van der Waals surface area contributed by atoms with Gasteiger partial charge in [0, 0.05) is 19.2 Å². The van der Waals surface area contributed by atoms with E-state index in [4.69, 9.17) is 0 Å². The third-order valence-corrected chi connectivity index (χ3v) is 4.44. The summed E-state index contributed by atoms with van der Waals surface area (Å²) in [6, 6.07) is 2.24. The molecule has 0 radical (unpaired) electrons. The van der Waals surface area contributed by atoms with Crippen LogP contribution in [0, 0.1) is 0 Å². The Morgan fingerprint density at radius 2 is 2.13 bits per heavy atom. The molecule has 0 aromatic carbocycles. The van der Waals surface area contributed by atoms with E-state index in [9.17, 15) is 21.6 Å². The van der Waals surface area contributed by atoms with Gasteiger partial charge in [-0.05, 0) is 19.0 Å². The summed E-state index contributed by atoms with van der Waals surface area (Å²) in [4.78, 5) is 3.44. The van der Waals surface area contributed by atoms with Crippen molar-refractivity contribution in [3.05, 3.63) is 30.0 Å². The number of halogens is 3. The van der Waals surface area contributed by atoms with Gasteiger partial charge in [-0.25, -0.2) is 18.1 Å². The van der Waals surface area contributed by atoms with Crippen LogP contribution in [0.4, 0.5) is 13.2 Å². The number of ether oxygens (including phenoxy) is 1. The molecule has 0 fully saturated rings. The molecule has 0 amide bonds. The SMILES string of the molecule is O=S(=O)(NCC1=CCNCC1)c1ccc(OCC(F)(F)F)nc1. The fraction of sp³-hybridized carbons (Fsp3) is 0.462. The first kappa shape index (κ1) is 17.7. The predicted molar refractivity (Wildman–Crippen MR) is 76.5 cm³/mol. The number of rotatable bonds is 6. The van der Waals surface area contributed by atoms with Crippen LogP contribution < -0.4 is 14.8 Å². The first-order valence-electron chi connectivity index (χ1n) is 6.80. The average molecular weight is 351 g/mol. The van der Waals surface area contributed by atoms with E-state index >= 15 is 0 Å². The third kappa shape index (κ3) is 5.81. The highest BCUT2D eigenvalue weighted by molar-refractivity contribution is 7.89. The maximum absolute atomic E-state index is 12.1. The molecule has 0 bridgehead atoms. The highest BCUT2D eigenvalue weighted by Gasteiger charge is 2.28. The molecule has 128 valence electrons. The largest absolute Gasteiger partial charge is 0.468 e. The third-order valence-electron chi connectivity index (χ3n) is 3.05. The topological polar surface area (TPSA) is 80.3 Å². The van der Waals surface area contributed by atoms with E-state index in [1.807, 2.05) is 6.08 Å². The normalized spacial score (nSPS) is 16.0. The summed E-state index contributed by atoms with van der Waals surface area (Å²) in [5.74, 6) is -0.290. The van der Waals surface area contributed by atoms with Crippen LogP contribution in [-0.4, -0.2) is 45.8 Å². The number of aromatic nitrogens is 1. The number of alkyl halides is 3. The van der Waals surface area contributed by atoms with Gasteiger partial charge >= 0.3 is 6.18 Å². The first-order valence-corrected chi connectivity index (χ1v) is 8.28. The van der Waals surface area contributed by atoms with Gasteiger partial charge in [0.05, 0.1) is 6.20 Å². The minimum atomic E-state index is -4.48. The number of sulfonamides is 1. The Hall–Kier alpha value is -1.65. The van der Waals surface area contributed by atoms with Crippen LogP contribution in [0.2, 0.25) is 0 Å². The van der Waals surface area contributed by atoms with Crippen molar-refractivity contribution >= 4 is 10.0 Å². The van der Waals surface area contributed by atoms with E-state index < -0.39 is 22.8 Å². The molecule has 1 aliphatic rings. The Labute approximate surface area is 131 Å². The summed E-state index contributed by atoms with van der Waals surface area (Å²) in [5, 5.41) is 3.11. The molecule has 1 aliphatic heterocycles. The van der Waals surface area contributed by atoms with Gasteiger partial charge in [-0.3, -0.25) is 0 Å². The number of pyridine rings is 1. The zero-order valence-electron chi connectivity index (χ0n) is 12.1. The van der Waals surface area contributed by atoms with Gasteiger partial charge in [0.2, 0.25) is 15.9 Å². The van der Waals surface area contributed by atoms with Crippen LogP contribution in [0.5, 0.6) is 5.88 Å². The Bertz CT molecular complexity index is 657. The second-order valence-electron chi connectivity index (χ2n) is 4.88. The molecule has 23 heavy (non-hydrogen) atoms. The quantitative estimate of drug-likeness (QED) is 0.754. The monoisotopic (exact) mass is 351 g/mol. The summed E-state index contributed by atoms with van der Waals surface area (Å²) in [7, 11) is -3.77. The fourth-order valence-electron chi connectivity index (χ4n) is 1.87. The Morgan fingerprint density at radius 1 is 1.35 bits per heavy atom. The fourth-order valence-corrected chi connectivity index (χ4v) is 2.85. The van der Waals surface area contributed by atoms with Crippen molar-refractivity contribution in [1.29, 1.82) is 0 Å². The van der Waals surface area contributed by atoms with Crippen LogP contribution >= 0.6 is 0 Å². The molecule has 1 aromatic heterocycles. The molecule has 0 saturated heterocycles. The molecule has 6 nitrogen and oxygen atoms in total. The zero-order valence-corrected chi connectivity index (χ0v) is 12.9. The van der Waals surface area contributed by atoms with Crippen LogP contribution in [0.1, 0.15) is 6.42 Å². The highest BCUT2D eigenvalue weighted by atomic mass is 32.2. The van der Waals surface area contributed by atoms with Crippen molar-refractivity contribution < 1.29 is 26.3 Å². The smallest absolute Gasteiger partial charge is 0.422 e. The maximum atomic E-state index is 12.1. The summed E-state index contributed by atoms with van der Waals surface area (Å²) in [6.07, 6.45) is -0.843. The maximum Gasteiger partial charge on any atom is 0.422 e. The van der Waals surface area contributed by atoms with E-state index in [0.29, 0.717) is 6.54 Å². The molecular formula is C13H16F3N3O3S. The Morgan fingerprint density at radius 3 is 2.70 bits per heavy atom. The van der Waals surface area contributed by atoms with Gasteiger partial charge in [0.15, 0.2) is 6.61 Å². The number of hydrogen-bond acceptors (Lipinski definition) is 5. The molecule has 2 N–H and O–H groups in total. The molecule has 2 rings (SSSR count). The average Bonchev–Trinajstić information content (AvgIpc) is 2.52. The van der Waals surface area contributed by atoms with Crippen LogP contribution in [0.25, 0.3) is 0 Å². The summed E-state index contributed by atoms with van der Waals surface area (Å²) in [5.41, 5.74) is 0.977. The van der Waals surface area contributed by atoms with Crippen LogP contribution in [0.3, 0.4) is 0 Å². The van der Waals surface area contributed by atoms with Crippen molar-refractivity contribution in [1.82, 2.24) is 15.0 Å². The van der Waals surface area contributed by atoms with Gasteiger partial charge < -0.3 is 10.1 Å². The van der Waals surface area contributed by atoms with Gasteiger partial charge in [0.1, 0.15) is 4.90 Å². The lowest BCUT2D eigenvalue weighted by Crippen LogP contribution is -2.29. The van der Waals surface area contributed by atoms with Crippen molar-refractivity contribution in [3.63, 3.8) is 0 Å². The molecule has 0 saturated carbocycles. The van der Waals surface area contributed by atoms with Crippen molar-refractivity contribution in [2.45, 2.75) is 17.5 Å². The minimum Gasteiger partial charge on any atom is -0.468 e. The molecule has 0 aliphatic carbocycles. The van der Waals surface area contributed by atoms with Crippen LogP contribution in [0.15, 0.2) is 34.9 Å². The minimum absolute atomic E-state index is 0.133. The van der Waals surface area contributed by atoms with E-state index in [1.165, 1.54) is 0 Å². The summed E-state index contributed by atoms with van der Waals surface area (Å²) >= 11 is 0. The standard InChI is InChI=1S/C13H16F3N3O3S/c14-13(15,16)9-22-12-2-1-11(8-18-12)23(20,21)19-7-10-3-5-17-6-4-10/h1-3,8,17,19H,4-7,9H2. The summed E-state index contributed by atoms with van der Waals surface area (Å²) in [6.45, 7) is 0.201. The van der Waals surface area contributed by atoms with E-state index in [-0.39, 0.29) is 17.3 Å². The molecule has 10 heteroatoms. The molecular weight excluding hydrogens is 335 g/mol. The number of nitrogens with zero attached hydrogens (tertiary/aromatic N) is 1. The second-order valence-corrected chi connectivity index (χ2v) is 6.64. The number of nitrogens with one attached hydrogen (secondary N) is 2. The molecule has 0 unspecified atom stereocenters. The van der Waals surface area contributed by atoms with E-state index in [2.05, 4.69) is 19.8 Å². The lowest BCUT2D eigenvalue weighted by atomic mass is 10.1. The van der Waals surface area contributed by atoms with Crippen molar-refractivity contribution in [2.75, 3.05) is 26.2 Å². The van der Waals surface area contributed by atoms with Gasteiger partial charge in [-0.15, -0.1) is 0 Å². The van der Waals surface area contributed by atoms with Gasteiger partial charge in [-0.1, -0.05) is 11.6 Å². The lowest BCUT2D eigenvalue weighted by Gasteiger charge is -2.14. The molecule has 0 atom stereocenters. The van der Waals surface area contributed by atoms with E-state index in [0.717, 1.165) is 36.9 Å². The summed E-state index contributed by atoms with van der Waals surface area (Å²) < 4.78 is 67.1. The molecule has 1 aromatic rings. The molecule has 0 spiro atoms. The predicted octanol–water partition coefficient (Wildman–Crippen LogP) is 1.22. The van der Waals surface area contributed by atoms with Gasteiger partial charge in [0.25, 0.3) is 0 Å². The first-order chi connectivity index (χ1) is 10.8. The zero-order chi connectivity index (χ0) is 16.9. The number of hydrogen-bond donors (Lipinski definition) is 2. The Kier molecular flexibility index (Phi) is 5.60. The second kappa shape index (κ2) is 7.28. The van der Waals surface area contributed by atoms with Crippen LogP contribution in [-0.2, 0) is 10.0 Å². The van der Waals surface area contributed by atoms with E-state index in [1.54, 1.807) is 0 Å². The Balaban J connectivity index is 1.95.